The predicted molar refractivity (Wildman–Crippen MR) is 101 cm³/mol. The Kier molecular flexibility index (Phi) is 5.02. The highest BCUT2D eigenvalue weighted by Crippen LogP contribution is 2.28. The summed E-state index contributed by atoms with van der Waals surface area (Å²) < 4.78 is 13.2. The van der Waals surface area contributed by atoms with Crippen LogP contribution in [0.4, 0.5) is 4.39 Å². The van der Waals surface area contributed by atoms with E-state index in [1.165, 1.54) is 24.1 Å². The molecule has 2 aromatic heterocycles. The molecule has 1 fully saturated rings. The minimum absolute atomic E-state index is 0.219. The van der Waals surface area contributed by atoms with Crippen LogP contribution in [0.1, 0.15) is 30.0 Å². The Morgan fingerprint density at radius 3 is 2.62 bits per heavy atom. The van der Waals surface area contributed by atoms with E-state index in [-0.39, 0.29) is 5.82 Å². The zero-order valence-corrected chi connectivity index (χ0v) is 14.7. The molecule has 3 nitrogen and oxygen atoms in total. The van der Waals surface area contributed by atoms with Gasteiger partial charge in [-0.05, 0) is 73.5 Å². The molecule has 0 spiro atoms. The number of hydrogen-bond acceptors (Lipinski definition) is 3. The van der Waals surface area contributed by atoms with Gasteiger partial charge in [0, 0.05) is 42.7 Å². The van der Waals surface area contributed by atoms with Crippen molar-refractivity contribution in [2.75, 3.05) is 13.1 Å². The molecule has 0 aliphatic carbocycles. The molecule has 1 aliphatic rings. The van der Waals surface area contributed by atoms with E-state index < -0.39 is 0 Å². The van der Waals surface area contributed by atoms with E-state index >= 15 is 0 Å². The molecular formula is C22H22FN3. The van der Waals surface area contributed by atoms with E-state index in [2.05, 4.69) is 34.1 Å². The van der Waals surface area contributed by atoms with Crippen molar-refractivity contribution in [1.82, 2.24) is 14.9 Å². The van der Waals surface area contributed by atoms with E-state index in [4.69, 9.17) is 4.98 Å². The van der Waals surface area contributed by atoms with Crippen LogP contribution < -0.4 is 0 Å². The van der Waals surface area contributed by atoms with Crippen LogP contribution in [-0.4, -0.2) is 28.0 Å². The zero-order chi connectivity index (χ0) is 17.8. The quantitative estimate of drug-likeness (QED) is 0.687. The second kappa shape index (κ2) is 7.75. The Bertz CT molecular complexity index is 849. The molecule has 0 saturated carbocycles. The number of piperidine rings is 1. The van der Waals surface area contributed by atoms with Crippen LogP contribution in [0.3, 0.4) is 0 Å². The normalized spacial score (nSPS) is 18.0. The minimum Gasteiger partial charge on any atom is -0.298 e. The van der Waals surface area contributed by atoms with Crippen molar-refractivity contribution >= 4 is 0 Å². The summed E-state index contributed by atoms with van der Waals surface area (Å²) in [6.45, 7) is 3.09. The number of halogens is 1. The molecule has 132 valence electrons. The van der Waals surface area contributed by atoms with Crippen molar-refractivity contribution in [2.24, 2.45) is 0 Å². The molecule has 0 bridgehead atoms. The fourth-order valence-corrected chi connectivity index (χ4v) is 3.65. The molecular weight excluding hydrogens is 325 g/mol. The molecule has 0 amide bonds. The minimum atomic E-state index is -0.219. The van der Waals surface area contributed by atoms with Gasteiger partial charge in [0.15, 0.2) is 0 Å². The average Bonchev–Trinajstić information content (AvgIpc) is 2.70. The number of nitrogens with zero attached hydrogens (tertiary/aromatic N) is 3. The van der Waals surface area contributed by atoms with Gasteiger partial charge in [0.1, 0.15) is 5.82 Å². The summed E-state index contributed by atoms with van der Waals surface area (Å²) in [6, 6.07) is 16.9. The molecule has 0 radical (unpaired) electrons. The largest absolute Gasteiger partial charge is 0.298 e. The predicted octanol–water partition coefficient (Wildman–Crippen LogP) is 4.66. The van der Waals surface area contributed by atoms with Gasteiger partial charge in [-0.3, -0.25) is 14.9 Å². The second-order valence-electron chi connectivity index (χ2n) is 6.88. The fourth-order valence-electron chi connectivity index (χ4n) is 3.65. The van der Waals surface area contributed by atoms with Crippen molar-refractivity contribution in [2.45, 2.75) is 25.3 Å². The molecule has 1 atom stereocenters. The Hall–Kier alpha value is -2.59. The second-order valence-corrected chi connectivity index (χ2v) is 6.88. The number of benzene rings is 1. The number of hydrogen-bond donors (Lipinski definition) is 0. The van der Waals surface area contributed by atoms with Gasteiger partial charge in [-0.2, -0.15) is 0 Å². The van der Waals surface area contributed by atoms with Gasteiger partial charge in [0.2, 0.25) is 0 Å². The fraction of sp³-hybridized carbons (Fsp3) is 0.273. The maximum Gasteiger partial charge on any atom is 0.123 e. The highest BCUT2D eigenvalue weighted by atomic mass is 19.1. The summed E-state index contributed by atoms with van der Waals surface area (Å²) in [5.74, 6) is 0.218. The van der Waals surface area contributed by atoms with Crippen LogP contribution in [0.15, 0.2) is 67.0 Å². The maximum atomic E-state index is 13.2. The Morgan fingerprint density at radius 1 is 1.00 bits per heavy atom. The summed E-state index contributed by atoms with van der Waals surface area (Å²) in [5.41, 5.74) is 4.30. The van der Waals surface area contributed by atoms with Gasteiger partial charge in [-0.1, -0.05) is 6.07 Å². The topological polar surface area (TPSA) is 29.0 Å². The van der Waals surface area contributed by atoms with Crippen LogP contribution in [0.25, 0.3) is 11.3 Å². The molecule has 4 rings (SSSR count). The van der Waals surface area contributed by atoms with Gasteiger partial charge in [0.25, 0.3) is 0 Å². The number of pyridine rings is 2. The molecule has 1 aliphatic heterocycles. The van der Waals surface area contributed by atoms with E-state index in [0.29, 0.717) is 5.92 Å². The van der Waals surface area contributed by atoms with Crippen LogP contribution in [0.2, 0.25) is 0 Å². The third-order valence-corrected chi connectivity index (χ3v) is 4.99. The van der Waals surface area contributed by atoms with Crippen molar-refractivity contribution < 1.29 is 4.39 Å². The number of rotatable bonds is 4. The highest BCUT2D eigenvalue weighted by molar-refractivity contribution is 5.59. The lowest BCUT2D eigenvalue weighted by atomic mass is 9.93. The van der Waals surface area contributed by atoms with E-state index in [1.807, 2.05) is 18.5 Å². The Morgan fingerprint density at radius 2 is 1.81 bits per heavy atom. The van der Waals surface area contributed by atoms with Crippen molar-refractivity contribution in [3.05, 3.63) is 84.1 Å². The molecule has 3 heterocycles. The lowest BCUT2D eigenvalue weighted by Crippen LogP contribution is -2.34. The number of likely N-dealkylation sites (tertiary alicyclic amines) is 1. The molecule has 1 unspecified atom stereocenters. The summed E-state index contributed by atoms with van der Waals surface area (Å²) in [5, 5.41) is 0. The van der Waals surface area contributed by atoms with Gasteiger partial charge in [-0.15, -0.1) is 0 Å². The van der Waals surface area contributed by atoms with E-state index in [1.54, 1.807) is 12.1 Å². The van der Waals surface area contributed by atoms with Gasteiger partial charge < -0.3 is 0 Å². The summed E-state index contributed by atoms with van der Waals surface area (Å²) in [4.78, 5) is 11.5. The van der Waals surface area contributed by atoms with Crippen molar-refractivity contribution in [1.29, 1.82) is 0 Å². The first-order valence-corrected chi connectivity index (χ1v) is 9.12. The first-order chi connectivity index (χ1) is 12.8. The van der Waals surface area contributed by atoms with Crippen molar-refractivity contribution in [3.63, 3.8) is 0 Å². The highest BCUT2D eigenvalue weighted by Gasteiger charge is 2.22. The lowest BCUT2D eigenvalue weighted by Gasteiger charge is -2.32. The molecule has 1 aromatic carbocycles. The smallest absolute Gasteiger partial charge is 0.123 e. The zero-order valence-electron chi connectivity index (χ0n) is 14.7. The average molecular weight is 347 g/mol. The van der Waals surface area contributed by atoms with Crippen LogP contribution >= 0.6 is 0 Å². The van der Waals surface area contributed by atoms with Crippen molar-refractivity contribution in [3.8, 4) is 11.3 Å². The van der Waals surface area contributed by atoms with E-state index in [9.17, 15) is 4.39 Å². The SMILES string of the molecule is Fc1ccc(-c2cccc(C3CCCN(Cc4ccncc4)C3)n2)cc1. The summed E-state index contributed by atoms with van der Waals surface area (Å²) >= 11 is 0. The number of aromatic nitrogens is 2. The first kappa shape index (κ1) is 16.9. The van der Waals surface area contributed by atoms with Crippen LogP contribution in [-0.2, 0) is 6.54 Å². The Balaban J connectivity index is 1.50. The molecule has 3 aromatic rings. The third kappa shape index (κ3) is 3.97. The first-order valence-electron chi connectivity index (χ1n) is 9.12. The molecule has 4 heteroatoms. The molecule has 1 saturated heterocycles. The standard InChI is InChI=1S/C22H22FN3/c23-20-8-6-18(7-9-20)21-4-1-5-22(25-21)19-3-2-14-26(16-19)15-17-10-12-24-13-11-17/h1,4-13,19H,2-3,14-16H2. The molecule has 26 heavy (non-hydrogen) atoms. The van der Waals surface area contributed by atoms with Gasteiger partial charge in [-0.25, -0.2) is 4.39 Å². The van der Waals surface area contributed by atoms with Crippen LogP contribution in [0, 0.1) is 5.82 Å². The van der Waals surface area contributed by atoms with Gasteiger partial charge >= 0.3 is 0 Å². The summed E-state index contributed by atoms with van der Waals surface area (Å²) in [6.07, 6.45) is 6.04. The lowest BCUT2D eigenvalue weighted by molar-refractivity contribution is 0.198. The molecule has 0 N–H and O–H groups in total. The third-order valence-electron chi connectivity index (χ3n) is 4.99. The Labute approximate surface area is 153 Å². The van der Waals surface area contributed by atoms with E-state index in [0.717, 1.165) is 43.0 Å². The summed E-state index contributed by atoms with van der Waals surface area (Å²) in [7, 11) is 0. The van der Waals surface area contributed by atoms with Crippen LogP contribution in [0.5, 0.6) is 0 Å². The van der Waals surface area contributed by atoms with Gasteiger partial charge in [0.05, 0.1) is 5.69 Å². The maximum absolute atomic E-state index is 13.2. The monoisotopic (exact) mass is 347 g/mol.